The van der Waals surface area contributed by atoms with Crippen LogP contribution in [0, 0.1) is 0 Å². The quantitative estimate of drug-likeness (QED) is 0.671. The summed E-state index contributed by atoms with van der Waals surface area (Å²) in [6, 6.07) is 2.56. The lowest BCUT2D eigenvalue weighted by atomic mass is 10.1. The summed E-state index contributed by atoms with van der Waals surface area (Å²) in [6.07, 6.45) is -4.62. The molecule has 0 saturated carbocycles. The second kappa shape index (κ2) is 4.45. The number of carbonyl (C=O) groups is 1. The van der Waals surface area contributed by atoms with Crippen molar-refractivity contribution in [1.82, 2.24) is 0 Å². The molecular formula is C10H8BrF3O2. The van der Waals surface area contributed by atoms with Gasteiger partial charge in [-0.2, -0.15) is 13.2 Å². The van der Waals surface area contributed by atoms with Crippen LogP contribution in [0.15, 0.2) is 18.2 Å². The van der Waals surface area contributed by atoms with Gasteiger partial charge in [-0.15, -0.1) is 0 Å². The van der Waals surface area contributed by atoms with Crippen LogP contribution >= 0.6 is 15.9 Å². The number of hydrogen-bond acceptors (Lipinski definition) is 2. The normalized spacial score (nSPS) is 13.6. The predicted octanol–water partition coefficient (Wildman–Crippen LogP) is 3.38. The Kier molecular flexibility index (Phi) is 3.62. The molecule has 0 aliphatic heterocycles. The predicted molar refractivity (Wildman–Crippen MR) is 55.8 cm³/mol. The Labute approximate surface area is 98.2 Å². The first-order chi connectivity index (χ1) is 7.23. The lowest BCUT2D eigenvalue weighted by Gasteiger charge is -2.10. The van der Waals surface area contributed by atoms with Crippen LogP contribution in [0.25, 0.3) is 0 Å². The van der Waals surface area contributed by atoms with Crippen LogP contribution in [-0.4, -0.2) is 15.7 Å². The Morgan fingerprint density at radius 1 is 1.44 bits per heavy atom. The molecule has 1 aromatic carbocycles. The second-order valence-corrected chi connectivity index (χ2v) is 4.58. The summed E-state index contributed by atoms with van der Waals surface area (Å²) in [4.78, 5) is 10.9. The van der Waals surface area contributed by atoms with Gasteiger partial charge in [0, 0.05) is 5.56 Å². The molecule has 0 bridgehead atoms. The van der Waals surface area contributed by atoms with Crippen LogP contribution in [-0.2, 0) is 6.18 Å². The number of benzene rings is 1. The molecule has 0 aromatic heterocycles. The van der Waals surface area contributed by atoms with Crippen molar-refractivity contribution >= 4 is 21.7 Å². The standard InChI is InChI=1S/C10H8BrF3O2/c1-5(11)9(16)6-2-3-7(8(15)4-6)10(12,13)14/h2-5,15H,1H3. The number of phenols is 1. The van der Waals surface area contributed by atoms with Gasteiger partial charge in [0.25, 0.3) is 0 Å². The van der Waals surface area contributed by atoms with Crippen LogP contribution in [0.3, 0.4) is 0 Å². The number of rotatable bonds is 2. The van der Waals surface area contributed by atoms with E-state index in [1.54, 1.807) is 6.92 Å². The van der Waals surface area contributed by atoms with Gasteiger partial charge in [-0.05, 0) is 19.1 Å². The zero-order valence-corrected chi connectivity index (χ0v) is 9.76. The number of hydrogen-bond donors (Lipinski definition) is 1. The van der Waals surface area contributed by atoms with Crippen molar-refractivity contribution in [3.8, 4) is 5.75 Å². The van der Waals surface area contributed by atoms with Crippen molar-refractivity contribution in [2.45, 2.75) is 17.9 Å². The zero-order valence-electron chi connectivity index (χ0n) is 8.18. The molecule has 16 heavy (non-hydrogen) atoms. The number of Topliss-reactive ketones (excluding diaryl/α,β-unsaturated/α-hetero) is 1. The average molecular weight is 297 g/mol. The number of aromatic hydroxyl groups is 1. The van der Waals surface area contributed by atoms with E-state index in [4.69, 9.17) is 0 Å². The van der Waals surface area contributed by atoms with E-state index in [0.29, 0.717) is 6.07 Å². The molecule has 0 fully saturated rings. The van der Waals surface area contributed by atoms with E-state index in [2.05, 4.69) is 15.9 Å². The molecule has 1 rings (SSSR count). The first-order valence-electron chi connectivity index (χ1n) is 4.32. The number of alkyl halides is 4. The third-order valence-corrected chi connectivity index (χ3v) is 2.36. The van der Waals surface area contributed by atoms with Gasteiger partial charge in [-0.1, -0.05) is 22.0 Å². The van der Waals surface area contributed by atoms with E-state index < -0.39 is 22.3 Å². The minimum Gasteiger partial charge on any atom is -0.507 e. The molecule has 0 amide bonds. The molecule has 0 saturated heterocycles. The van der Waals surface area contributed by atoms with E-state index >= 15 is 0 Å². The van der Waals surface area contributed by atoms with E-state index in [-0.39, 0.29) is 11.3 Å². The Bertz CT molecular complexity index is 413. The summed E-state index contributed by atoms with van der Waals surface area (Å²) in [5, 5.41) is 9.17. The molecule has 0 radical (unpaired) electrons. The molecule has 88 valence electrons. The number of phenolic OH excluding ortho intramolecular Hbond substituents is 1. The number of ketones is 1. The topological polar surface area (TPSA) is 37.3 Å². The van der Waals surface area contributed by atoms with E-state index in [9.17, 15) is 23.1 Å². The fraction of sp³-hybridized carbons (Fsp3) is 0.300. The minimum absolute atomic E-state index is 0.0369. The summed E-state index contributed by atoms with van der Waals surface area (Å²) in [5.41, 5.74) is -1.11. The fourth-order valence-corrected chi connectivity index (χ4v) is 1.42. The van der Waals surface area contributed by atoms with E-state index in [1.165, 1.54) is 0 Å². The van der Waals surface area contributed by atoms with Gasteiger partial charge in [0.15, 0.2) is 5.78 Å². The molecule has 1 aromatic rings. The van der Waals surface area contributed by atoms with E-state index in [1.807, 2.05) is 0 Å². The third kappa shape index (κ3) is 2.75. The lowest BCUT2D eigenvalue weighted by Crippen LogP contribution is -2.11. The number of carbonyl (C=O) groups excluding carboxylic acids is 1. The van der Waals surface area contributed by atoms with Crippen LogP contribution in [0.1, 0.15) is 22.8 Å². The molecule has 6 heteroatoms. The maximum Gasteiger partial charge on any atom is 0.419 e. The van der Waals surface area contributed by atoms with Gasteiger partial charge >= 0.3 is 6.18 Å². The fourth-order valence-electron chi connectivity index (χ4n) is 1.15. The largest absolute Gasteiger partial charge is 0.507 e. The SMILES string of the molecule is CC(Br)C(=O)c1ccc(C(F)(F)F)c(O)c1. The van der Waals surface area contributed by atoms with Crippen molar-refractivity contribution in [2.24, 2.45) is 0 Å². The highest BCUT2D eigenvalue weighted by Crippen LogP contribution is 2.36. The second-order valence-electron chi connectivity index (χ2n) is 3.21. The van der Waals surface area contributed by atoms with Gasteiger partial charge in [0.2, 0.25) is 0 Å². The Morgan fingerprint density at radius 2 is 2.00 bits per heavy atom. The minimum atomic E-state index is -4.62. The highest BCUT2D eigenvalue weighted by molar-refractivity contribution is 9.10. The van der Waals surface area contributed by atoms with E-state index in [0.717, 1.165) is 12.1 Å². The van der Waals surface area contributed by atoms with Gasteiger partial charge < -0.3 is 5.11 Å². The number of halogens is 4. The lowest BCUT2D eigenvalue weighted by molar-refractivity contribution is -0.138. The third-order valence-electron chi connectivity index (χ3n) is 1.95. The maximum absolute atomic E-state index is 12.3. The Hall–Kier alpha value is -1.04. The monoisotopic (exact) mass is 296 g/mol. The molecule has 1 atom stereocenters. The molecule has 0 heterocycles. The first-order valence-corrected chi connectivity index (χ1v) is 5.23. The molecule has 0 aliphatic rings. The molecule has 1 N–H and O–H groups in total. The van der Waals surface area contributed by atoms with Crippen LogP contribution in [0.4, 0.5) is 13.2 Å². The summed E-state index contributed by atoms with van der Waals surface area (Å²) < 4.78 is 36.9. The van der Waals surface area contributed by atoms with Gasteiger partial charge in [0.1, 0.15) is 5.75 Å². The molecule has 1 unspecified atom stereocenters. The maximum atomic E-state index is 12.3. The van der Waals surface area contributed by atoms with Crippen LogP contribution < -0.4 is 0 Å². The Balaban J connectivity index is 3.15. The molecule has 0 spiro atoms. The van der Waals surface area contributed by atoms with Crippen molar-refractivity contribution in [3.05, 3.63) is 29.3 Å². The van der Waals surface area contributed by atoms with Crippen molar-refractivity contribution in [2.75, 3.05) is 0 Å². The van der Waals surface area contributed by atoms with Gasteiger partial charge in [-0.25, -0.2) is 0 Å². The van der Waals surface area contributed by atoms with Crippen LogP contribution in [0.5, 0.6) is 5.75 Å². The summed E-state index contributed by atoms with van der Waals surface area (Å²) in [6.45, 7) is 1.55. The van der Waals surface area contributed by atoms with Crippen molar-refractivity contribution in [1.29, 1.82) is 0 Å². The van der Waals surface area contributed by atoms with Crippen LogP contribution in [0.2, 0.25) is 0 Å². The first kappa shape index (κ1) is 13.0. The zero-order chi connectivity index (χ0) is 12.5. The van der Waals surface area contributed by atoms with Gasteiger partial charge in [-0.3, -0.25) is 4.79 Å². The molecule has 2 nitrogen and oxygen atoms in total. The molecular weight excluding hydrogens is 289 g/mol. The van der Waals surface area contributed by atoms with Gasteiger partial charge in [0.05, 0.1) is 10.4 Å². The summed E-state index contributed by atoms with van der Waals surface area (Å²) >= 11 is 3.01. The summed E-state index contributed by atoms with van der Waals surface area (Å²) in [7, 11) is 0. The molecule has 0 aliphatic carbocycles. The van der Waals surface area contributed by atoms with Crippen molar-refractivity contribution < 1.29 is 23.1 Å². The van der Waals surface area contributed by atoms with Crippen molar-refractivity contribution in [3.63, 3.8) is 0 Å². The average Bonchev–Trinajstić information content (AvgIpc) is 2.14. The smallest absolute Gasteiger partial charge is 0.419 e. The Morgan fingerprint density at radius 3 is 2.38 bits per heavy atom. The highest BCUT2D eigenvalue weighted by atomic mass is 79.9. The summed E-state index contributed by atoms with van der Waals surface area (Å²) in [5.74, 6) is -1.32. The highest BCUT2D eigenvalue weighted by Gasteiger charge is 2.34.